The fourth-order valence-corrected chi connectivity index (χ4v) is 5.18. The summed E-state index contributed by atoms with van der Waals surface area (Å²) in [5.41, 5.74) is -0.767. The SMILES string of the molecule is COC(=O)c1cc(OC)c(NC(=O)C(NC(Cc2ccc(Cl)cc2F)CC(C)(C)C)C(C#N)c2cccc(Cl)c2F)cc1F. The van der Waals surface area contributed by atoms with Gasteiger partial charge in [0.25, 0.3) is 0 Å². The molecule has 234 valence electrons. The normalized spacial score (nSPS) is 13.4. The molecule has 1 amide bonds. The standard InChI is InChI=1S/C32H32Cl2F3N3O4/c1-32(2,3)15-19(11-17-9-10-18(33)12-24(17)35)39-29(22(16-38)20-7-6-8-23(34)28(20)37)30(41)40-26-14-25(36)21(31(42)44-5)13-27(26)43-4/h6-10,12-14,19,22,29,39H,11,15H2,1-5H3,(H,40,41). The number of nitrogens with one attached hydrogen (secondary N) is 2. The zero-order valence-electron chi connectivity index (χ0n) is 24.7. The number of benzene rings is 3. The van der Waals surface area contributed by atoms with Crippen molar-refractivity contribution in [3.05, 3.63) is 92.7 Å². The molecule has 0 aromatic heterocycles. The van der Waals surface area contributed by atoms with Crippen LogP contribution in [-0.2, 0) is 16.0 Å². The van der Waals surface area contributed by atoms with Gasteiger partial charge in [-0.15, -0.1) is 0 Å². The number of esters is 1. The number of methoxy groups -OCH3 is 2. The van der Waals surface area contributed by atoms with E-state index in [0.29, 0.717) is 12.0 Å². The minimum Gasteiger partial charge on any atom is -0.495 e. The number of hydrogen-bond donors (Lipinski definition) is 2. The summed E-state index contributed by atoms with van der Waals surface area (Å²) in [6.07, 6.45) is 0.493. The van der Waals surface area contributed by atoms with Crippen LogP contribution in [0, 0.1) is 34.2 Å². The zero-order chi connectivity index (χ0) is 32.8. The Morgan fingerprint density at radius 2 is 1.73 bits per heavy atom. The predicted octanol–water partition coefficient (Wildman–Crippen LogP) is 7.46. The topological polar surface area (TPSA) is 100 Å². The Bertz CT molecular complexity index is 1570. The summed E-state index contributed by atoms with van der Waals surface area (Å²) in [5, 5.41) is 15.9. The molecule has 3 rings (SSSR count). The van der Waals surface area contributed by atoms with Gasteiger partial charge in [-0.2, -0.15) is 5.26 Å². The van der Waals surface area contributed by atoms with Crippen molar-refractivity contribution < 1.29 is 32.2 Å². The second kappa shape index (κ2) is 14.8. The molecule has 0 spiro atoms. The summed E-state index contributed by atoms with van der Waals surface area (Å²) < 4.78 is 54.8. The number of rotatable bonds is 11. The van der Waals surface area contributed by atoms with Crippen LogP contribution in [0.15, 0.2) is 48.5 Å². The van der Waals surface area contributed by atoms with E-state index in [9.17, 15) is 23.6 Å². The lowest BCUT2D eigenvalue weighted by Crippen LogP contribution is -2.51. The van der Waals surface area contributed by atoms with Crippen molar-refractivity contribution in [2.75, 3.05) is 19.5 Å². The highest BCUT2D eigenvalue weighted by atomic mass is 35.5. The molecule has 0 heterocycles. The summed E-state index contributed by atoms with van der Waals surface area (Å²) in [6, 6.07) is 10.2. The van der Waals surface area contributed by atoms with Gasteiger partial charge in [-0.3, -0.25) is 4.79 Å². The molecule has 0 aliphatic rings. The maximum absolute atomic E-state index is 15.2. The van der Waals surface area contributed by atoms with Crippen molar-refractivity contribution in [1.82, 2.24) is 5.32 Å². The molecule has 7 nitrogen and oxygen atoms in total. The number of nitrogens with zero attached hydrogens (tertiary/aromatic N) is 1. The molecular formula is C32H32Cl2F3N3O4. The van der Waals surface area contributed by atoms with E-state index < -0.39 is 52.9 Å². The lowest BCUT2D eigenvalue weighted by molar-refractivity contribution is -0.118. The average molecular weight is 651 g/mol. The number of nitriles is 1. The lowest BCUT2D eigenvalue weighted by Gasteiger charge is -2.32. The maximum Gasteiger partial charge on any atom is 0.340 e. The van der Waals surface area contributed by atoms with Gasteiger partial charge in [-0.05, 0) is 48.1 Å². The molecule has 0 aliphatic carbocycles. The first kappa shape index (κ1) is 34.7. The van der Waals surface area contributed by atoms with Crippen LogP contribution in [0.25, 0.3) is 0 Å². The quantitative estimate of drug-likeness (QED) is 0.209. The van der Waals surface area contributed by atoms with E-state index in [1.54, 1.807) is 0 Å². The summed E-state index contributed by atoms with van der Waals surface area (Å²) in [5.74, 6) is -5.76. The van der Waals surface area contributed by atoms with Crippen LogP contribution in [0.5, 0.6) is 5.75 Å². The van der Waals surface area contributed by atoms with Crippen LogP contribution in [-0.4, -0.2) is 38.2 Å². The number of ether oxygens (including phenoxy) is 2. The molecule has 0 bridgehead atoms. The molecule has 3 atom stereocenters. The van der Waals surface area contributed by atoms with Crippen molar-refractivity contribution in [3.63, 3.8) is 0 Å². The van der Waals surface area contributed by atoms with Gasteiger partial charge in [0, 0.05) is 22.7 Å². The van der Waals surface area contributed by atoms with Crippen LogP contribution in [0.2, 0.25) is 10.0 Å². The third-order valence-electron chi connectivity index (χ3n) is 6.78. The molecule has 0 aliphatic heterocycles. The van der Waals surface area contributed by atoms with Crippen molar-refractivity contribution in [2.45, 2.75) is 51.6 Å². The van der Waals surface area contributed by atoms with Crippen molar-refractivity contribution >= 4 is 40.8 Å². The minimum absolute atomic E-state index is 0.0733. The molecule has 0 saturated carbocycles. The van der Waals surface area contributed by atoms with Crippen LogP contribution in [0.1, 0.15) is 54.6 Å². The van der Waals surface area contributed by atoms with Crippen LogP contribution in [0.4, 0.5) is 18.9 Å². The molecule has 44 heavy (non-hydrogen) atoms. The molecule has 3 aromatic rings. The van der Waals surface area contributed by atoms with Gasteiger partial charge in [-0.1, -0.05) is 62.2 Å². The Hall–Kier alpha value is -3.78. The van der Waals surface area contributed by atoms with E-state index in [4.69, 9.17) is 27.9 Å². The van der Waals surface area contributed by atoms with Gasteiger partial charge in [0.05, 0.1) is 42.5 Å². The maximum atomic E-state index is 15.2. The van der Waals surface area contributed by atoms with Crippen LogP contribution < -0.4 is 15.4 Å². The summed E-state index contributed by atoms with van der Waals surface area (Å²) in [6.45, 7) is 5.84. The van der Waals surface area contributed by atoms with E-state index in [1.807, 2.05) is 26.8 Å². The van der Waals surface area contributed by atoms with Gasteiger partial charge >= 0.3 is 5.97 Å². The molecule has 12 heteroatoms. The Labute approximate surface area is 264 Å². The van der Waals surface area contributed by atoms with Crippen LogP contribution in [0.3, 0.4) is 0 Å². The van der Waals surface area contributed by atoms with E-state index in [2.05, 4.69) is 15.4 Å². The van der Waals surface area contributed by atoms with E-state index >= 15 is 4.39 Å². The van der Waals surface area contributed by atoms with Gasteiger partial charge in [0.1, 0.15) is 29.2 Å². The van der Waals surface area contributed by atoms with Gasteiger partial charge in [0.15, 0.2) is 0 Å². The third-order valence-corrected chi connectivity index (χ3v) is 7.31. The second-order valence-electron chi connectivity index (χ2n) is 11.3. The zero-order valence-corrected chi connectivity index (χ0v) is 26.2. The molecule has 0 radical (unpaired) electrons. The average Bonchev–Trinajstić information content (AvgIpc) is 2.95. The predicted molar refractivity (Wildman–Crippen MR) is 163 cm³/mol. The smallest absolute Gasteiger partial charge is 0.340 e. The van der Waals surface area contributed by atoms with Gasteiger partial charge in [0.2, 0.25) is 5.91 Å². The highest BCUT2D eigenvalue weighted by molar-refractivity contribution is 6.31. The van der Waals surface area contributed by atoms with Crippen molar-refractivity contribution in [1.29, 1.82) is 5.26 Å². The van der Waals surface area contributed by atoms with Crippen molar-refractivity contribution in [3.8, 4) is 11.8 Å². The molecule has 2 N–H and O–H groups in total. The van der Waals surface area contributed by atoms with Gasteiger partial charge < -0.3 is 20.1 Å². The minimum atomic E-state index is -1.45. The fourth-order valence-electron chi connectivity index (χ4n) is 4.84. The first-order valence-electron chi connectivity index (χ1n) is 13.5. The summed E-state index contributed by atoms with van der Waals surface area (Å²) in [7, 11) is 2.33. The van der Waals surface area contributed by atoms with E-state index in [0.717, 1.165) is 19.2 Å². The summed E-state index contributed by atoms with van der Waals surface area (Å²) in [4.78, 5) is 25.9. The number of halogens is 5. The molecule has 3 aromatic carbocycles. The lowest BCUT2D eigenvalue weighted by atomic mass is 9.84. The number of carbonyl (C=O) groups is 2. The number of carbonyl (C=O) groups excluding carboxylic acids is 2. The second-order valence-corrected chi connectivity index (χ2v) is 12.2. The highest BCUT2D eigenvalue weighted by Crippen LogP contribution is 2.32. The molecular weight excluding hydrogens is 618 g/mol. The number of anilines is 1. The number of amides is 1. The Morgan fingerprint density at radius 3 is 2.32 bits per heavy atom. The monoisotopic (exact) mass is 649 g/mol. The summed E-state index contributed by atoms with van der Waals surface area (Å²) >= 11 is 12.0. The highest BCUT2D eigenvalue weighted by Gasteiger charge is 2.36. The number of hydrogen-bond acceptors (Lipinski definition) is 6. The van der Waals surface area contributed by atoms with Crippen molar-refractivity contribution in [2.24, 2.45) is 5.41 Å². The first-order chi connectivity index (χ1) is 20.7. The Kier molecular flexibility index (Phi) is 11.7. The Morgan fingerprint density at radius 1 is 1.02 bits per heavy atom. The van der Waals surface area contributed by atoms with E-state index in [-0.39, 0.29) is 38.9 Å². The Balaban J connectivity index is 2.11. The first-order valence-corrected chi connectivity index (χ1v) is 14.2. The largest absolute Gasteiger partial charge is 0.495 e. The molecule has 0 fully saturated rings. The van der Waals surface area contributed by atoms with E-state index in [1.165, 1.54) is 43.5 Å². The third kappa shape index (κ3) is 8.65. The van der Waals surface area contributed by atoms with Gasteiger partial charge in [-0.25, -0.2) is 18.0 Å². The molecule has 0 saturated heterocycles. The molecule has 3 unspecified atom stereocenters. The fraction of sp³-hybridized carbons (Fsp3) is 0.344. The van der Waals surface area contributed by atoms with Crippen LogP contribution >= 0.6 is 23.2 Å².